The lowest BCUT2D eigenvalue weighted by molar-refractivity contribution is 0.633. The summed E-state index contributed by atoms with van der Waals surface area (Å²) in [5.74, 6) is 0. The van der Waals surface area contributed by atoms with Gasteiger partial charge in [-0.2, -0.15) is 0 Å². The average Bonchev–Trinajstić information content (AvgIpc) is 2.27. The second-order valence-electron chi connectivity index (χ2n) is 4.08. The van der Waals surface area contributed by atoms with Gasteiger partial charge in [-0.15, -0.1) is 0 Å². The molecule has 0 amide bonds. The van der Waals surface area contributed by atoms with Gasteiger partial charge in [-0.1, -0.05) is 32.1 Å². The molecule has 0 atom stereocenters. The Kier molecular flexibility index (Phi) is 2.47. The van der Waals surface area contributed by atoms with Gasteiger partial charge in [0.15, 0.2) is 0 Å². The van der Waals surface area contributed by atoms with Crippen molar-refractivity contribution in [1.29, 1.82) is 0 Å². The third-order valence-corrected chi connectivity index (χ3v) is 3.26. The normalized spacial score (nSPS) is 17.6. The van der Waals surface area contributed by atoms with E-state index in [1.807, 2.05) is 12.3 Å². The Morgan fingerprint density at radius 3 is 2.71 bits per heavy atom. The molecule has 0 saturated carbocycles. The number of hydrogen-bond acceptors (Lipinski definition) is 1. The molecule has 0 saturated heterocycles. The minimum atomic E-state index is 0.129. The zero-order chi connectivity index (χ0) is 10.2. The number of rotatable bonds is 0. The number of fused-ring (bicyclic) bond motifs is 1. The first-order valence-electron chi connectivity index (χ1n) is 4.61. The lowest BCUT2D eigenvalue weighted by Gasteiger charge is -2.11. The van der Waals surface area contributed by atoms with Crippen LogP contribution in [0.1, 0.15) is 25.1 Å². The molecule has 0 unspecified atom stereocenters. The van der Waals surface area contributed by atoms with E-state index in [1.165, 1.54) is 9.13 Å². The van der Waals surface area contributed by atoms with Gasteiger partial charge in [0.2, 0.25) is 0 Å². The maximum atomic E-state index is 4.36. The summed E-state index contributed by atoms with van der Waals surface area (Å²) in [5, 5.41) is 0. The highest BCUT2D eigenvalue weighted by Gasteiger charge is 2.13. The fraction of sp³-hybridized carbons (Fsp3) is 0.250. The number of pyridine rings is 1. The molecule has 72 valence electrons. The van der Waals surface area contributed by atoms with Crippen LogP contribution in [-0.4, -0.2) is 4.98 Å². The lowest BCUT2D eigenvalue weighted by atomic mass is 9.93. The van der Waals surface area contributed by atoms with Gasteiger partial charge >= 0.3 is 0 Å². The Morgan fingerprint density at radius 2 is 1.93 bits per heavy atom. The minimum absolute atomic E-state index is 0.129. The third kappa shape index (κ3) is 1.90. The zero-order valence-corrected chi connectivity index (χ0v) is 10.4. The summed E-state index contributed by atoms with van der Waals surface area (Å²) < 4.78 is 1.26. The van der Waals surface area contributed by atoms with Crippen LogP contribution in [0.3, 0.4) is 0 Å². The lowest BCUT2D eigenvalue weighted by Crippen LogP contribution is -2.00. The Morgan fingerprint density at radius 1 is 1.21 bits per heavy atom. The fourth-order valence-electron chi connectivity index (χ4n) is 1.41. The van der Waals surface area contributed by atoms with Crippen LogP contribution in [0.4, 0.5) is 0 Å². The molecular weight excluding hydrogens is 285 g/mol. The molecule has 0 aliphatic heterocycles. The maximum Gasteiger partial charge on any atom is 0.0709 e. The molecular formula is C12H12IN. The molecule has 1 aliphatic carbocycles. The molecule has 1 nitrogen and oxygen atoms in total. The summed E-state index contributed by atoms with van der Waals surface area (Å²) in [4.78, 5) is 4.36. The standard InChI is InChI=1S/C12H12IN/c1-12(2)6-3-9-10(13)5-8-14-11(9)4-7-12/h3-8H,1-2H3. The fourth-order valence-corrected chi connectivity index (χ4v) is 2.03. The molecule has 0 radical (unpaired) electrons. The van der Waals surface area contributed by atoms with Gasteiger partial charge in [0, 0.05) is 20.7 Å². The first-order valence-corrected chi connectivity index (χ1v) is 5.69. The molecule has 1 aliphatic rings. The monoisotopic (exact) mass is 297 g/mol. The van der Waals surface area contributed by atoms with Crippen molar-refractivity contribution in [3.63, 3.8) is 0 Å². The SMILES string of the molecule is CC1(C)C=Cc2nccc(I)c2C=C1. The molecule has 2 heteroatoms. The molecule has 2 rings (SSSR count). The van der Waals surface area contributed by atoms with Crippen molar-refractivity contribution in [2.45, 2.75) is 13.8 Å². The smallest absolute Gasteiger partial charge is 0.0709 e. The highest BCUT2D eigenvalue weighted by Crippen LogP contribution is 2.28. The number of aromatic nitrogens is 1. The van der Waals surface area contributed by atoms with Crippen LogP contribution < -0.4 is 0 Å². The summed E-state index contributed by atoms with van der Waals surface area (Å²) in [6, 6.07) is 2.04. The first kappa shape index (κ1) is 9.90. The predicted octanol–water partition coefficient (Wildman–Crippen LogP) is 3.75. The van der Waals surface area contributed by atoms with Gasteiger partial charge in [0.1, 0.15) is 0 Å². The summed E-state index contributed by atoms with van der Waals surface area (Å²) >= 11 is 2.35. The van der Waals surface area contributed by atoms with Gasteiger partial charge < -0.3 is 0 Å². The van der Waals surface area contributed by atoms with Crippen LogP contribution >= 0.6 is 22.6 Å². The number of halogens is 1. The van der Waals surface area contributed by atoms with Crippen molar-refractivity contribution in [2.24, 2.45) is 5.41 Å². The molecule has 1 aromatic rings. The maximum absolute atomic E-state index is 4.36. The van der Waals surface area contributed by atoms with E-state index < -0.39 is 0 Å². The molecule has 14 heavy (non-hydrogen) atoms. The van der Waals surface area contributed by atoms with Gasteiger partial charge in [-0.3, -0.25) is 4.98 Å². The summed E-state index contributed by atoms with van der Waals surface area (Å²) in [6.45, 7) is 4.39. The van der Waals surface area contributed by atoms with Crippen LogP contribution in [0.15, 0.2) is 24.4 Å². The van der Waals surface area contributed by atoms with E-state index in [9.17, 15) is 0 Å². The summed E-state index contributed by atoms with van der Waals surface area (Å²) in [7, 11) is 0. The molecule has 0 aromatic carbocycles. The van der Waals surface area contributed by atoms with Crippen LogP contribution in [0, 0.1) is 8.99 Å². The van der Waals surface area contributed by atoms with Gasteiger partial charge in [-0.25, -0.2) is 0 Å². The van der Waals surface area contributed by atoms with E-state index in [2.05, 4.69) is 65.7 Å². The van der Waals surface area contributed by atoms with E-state index in [-0.39, 0.29) is 5.41 Å². The highest BCUT2D eigenvalue weighted by atomic mass is 127. The predicted molar refractivity (Wildman–Crippen MR) is 68.8 cm³/mol. The first-order chi connectivity index (χ1) is 6.58. The molecule has 0 fully saturated rings. The van der Waals surface area contributed by atoms with Crippen molar-refractivity contribution in [3.8, 4) is 0 Å². The van der Waals surface area contributed by atoms with Crippen molar-refractivity contribution in [1.82, 2.24) is 4.98 Å². The summed E-state index contributed by atoms with van der Waals surface area (Å²) in [5.41, 5.74) is 2.43. The number of nitrogens with zero attached hydrogens (tertiary/aromatic N) is 1. The van der Waals surface area contributed by atoms with E-state index in [0.717, 1.165) is 5.69 Å². The van der Waals surface area contributed by atoms with Crippen LogP contribution in [0.2, 0.25) is 0 Å². The molecule has 1 aromatic heterocycles. The molecule has 0 N–H and O–H groups in total. The Hall–Kier alpha value is -0.640. The highest BCUT2D eigenvalue weighted by molar-refractivity contribution is 14.1. The van der Waals surface area contributed by atoms with Crippen LogP contribution in [-0.2, 0) is 0 Å². The van der Waals surface area contributed by atoms with Gasteiger partial charge in [0.25, 0.3) is 0 Å². The Labute approximate surface area is 98.1 Å². The topological polar surface area (TPSA) is 12.9 Å². The van der Waals surface area contributed by atoms with Crippen LogP contribution in [0.25, 0.3) is 12.2 Å². The average molecular weight is 297 g/mol. The van der Waals surface area contributed by atoms with Crippen molar-refractivity contribution in [3.05, 3.63) is 39.2 Å². The third-order valence-electron chi connectivity index (χ3n) is 2.32. The Balaban J connectivity index is 2.60. The van der Waals surface area contributed by atoms with Gasteiger partial charge in [0.05, 0.1) is 5.69 Å². The molecule has 0 spiro atoms. The van der Waals surface area contributed by atoms with Gasteiger partial charge in [-0.05, 0) is 34.7 Å². The summed E-state index contributed by atoms with van der Waals surface area (Å²) in [6.07, 6.45) is 10.6. The van der Waals surface area contributed by atoms with E-state index >= 15 is 0 Å². The van der Waals surface area contributed by atoms with Crippen LogP contribution in [0.5, 0.6) is 0 Å². The second-order valence-corrected chi connectivity index (χ2v) is 5.24. The Bertz CT molecular complexity index is 416. The number of hydrogen-bond donors (Lipinski definition) is 0. The van der Waals surface area contributed by atoms with E-state index in [1.54, 1.807) is 0 Å². The van der Waals surface area contributed by atoms with Crippen molar-refractivity contribution >= 4 is 34.7 Å². The van der Waals surface area contributed by atoms with Crippen molar-refractivity contribution in [2.75, 3.05) is 0 Å². The van der Waals surface area contributed by atoms with E-state index in [4.69, 9.17) is 0 Å². The molecule has 0 bridgehead atoms. The largest absolute Gasteiger partial charge is 0.256 e. The quantitative estimate of drug-likeness (QED) is 0.665. The van der Waals surface area contributed by atoms with E-state index in [0.29, 0.717) is 0 Å². The molecule has 1 heterocycles. The van der Waals surface area contributed by atoms with Crippen molar-refractivity contribution < 1.29 is 0 Å². The minimum Gasteiger partial charge on any atom is -0.256 e. The number of allylic oxidation sites excluding steroid dienone is 2. The zero-order valence-electron chi connectivity index (χ0n) is 8.29. The second kappa shape index (κ2) is 3.50.